The largest absolute Gasteiger partial charge is 0.383 e. The van der Waals surface area contributed by atoms with Crippen molar-refractivity contribution in [2.24, 2.45) is 10.7 Å². The predicted molar refractivity (Wildman–Crippen MR) is 53.9 cm³/mol. The molecule has 0 aliphatic heterocycles. The number of aliphatic hydroxyl groups excluding tert-OH is 1. The lowest BCUT2D eigenvalue weighted by Crippen LogP contribution is -2.14. The maximum absolute atomic E-state index is 8.62. The fourth-order valence-corrected chi connectivity index (χ4v) is 1.33. The highest BCUT2D eigenvalue weighted by molar-refractivity contribution is 6.06. The van der Waals surface area contributed by atoms with E-state index in [9.17, 15) is 0 Å². The van der Waals surface area contributed by atoms with E-state index in [-0.39, 0.29) is 6.73 Å². The smallest absolute Gasteiger partial charge is 0.136 e. The summed E-state index contributed by atoms with van der Waals surface area (Å²) in [7, 11) is 0. The van der Waals surface area contributed by atoms with Gasteiger partial charge < -0.3 is 15.8 Å². The number of nitrogens with one attached hydrogen (secondary N) is 1. The summed E-state index contributed by atoms with van der Waals surface area (Å²) in [6, 6.07) is 5.57. The molecule has 4 N–H and O–H groups in total. The summed E-state index contributed by atoms with van der Waals surface area (Å²) in [5, 5.41) is 8.62. The topological polar surface area (TPSA) is 87.3 Å². The van der Waals surface area contributed by atoms with Crippen LogP contribution in [0.15, 0.2) is 29.5 Å². The molecule has 5 heteroatoms. The number of fused-ring (bicyclic) bond motifs is 1. The third kappa shape index (κ3) is 1.33. The van der Waals surface area contributed by atoms with E-state index in [1.165, 1.54) is 0 Å². The van der Waals surface area contributed by atoms with Crippen molar-refractivity contribution in [3.8, 4) is 0 Å². The molecule has 5 nitrogen and oxygen atoms in total. The molecule has 0 atom stereocenters. The fourth-order valence-electron chi connectivity index (χ4n) is 1.33. The molecule has 0 saturated carbocycles. The lowest BCUT2D eigenvalue weighted by molar-refractivity contribution is 0.309. The SMILES string of the molecule is NC(=NCO)c1cccc2[nH]cnc12. The van der Waals surface area contributed by atoms with E-state index >= 15 is 0 Å². The van der Waals surface area contributed by atoms with E-state index in [1.807, 2.05) is 18.2 Å². The van der Waals surface area contributed by atoms with E-state index in [4.69, 9.17) is 10.8 Å². The number of aromatic nitrogens is 2. The van der Waals surface area contributed by atoms with Crippen molar-refractivity contribution < 1.29 is 5.11 Å². The number of nitrogens with two attached hydrogens (primary N) is 1. The lowest BCUT2D eigenvalue weighted by atomic mass is 10.1. The molecular formula is C9H10N4O. The van der Waals surface area contributed by atoms with E-state index < -0.39 is 0 Å². The van der Waals surface area contributed by atoms with Gasteiger partial charge in [-0.05, 0) is 12.1 Å². The van der Waals surface area contributed by atoms with Gasteiger partial charge in [0.05, 0.1) is 17.4 Å². The summed E-state index contributed by atoms with van der Waals surface area (Å²) in [6.07, 6.45) is 1.60. The molecule has 0 spiro atoms. The van der Waals surface area contributed by atoms with Gasteiger partial charge in [0.25, 0.3) is 0 Å². The molecule has 14 heavy (non-hydrogen) atoms. The monoisotopic (exact) mass is 190 g/mol. The van der Waals surface area contributed by atoms with Gasteiger partial charge in [-0.2, -0.15) is 0 Å². The molecule has 1 aromatic carbocycles. The van der Waals surface area contributed by atoms with Gasteiger partial charge in [0.1, 0.15) is 12.6 Å². The summed E-state index contributed by atoms with van der Waals surface area (Å²) in [6.45, 7) is -0.313. The first-order valence-electron chi connectivity index (χ1n) is 4.16. The molecule has 0 bridgehead atoms. The van der Waals surface area contributed by atoms with E-state index in [1.54, 1.807) is 6.33 Å². The van der Waals surface area contributed by atoms with Crippen molar-refractivity contribution in [2.45, 2.75) is 0 Å². The maximum atomic E-state index is 8.62. The second-order valence-electron chi connectivity index (χ2n) is 2.79. The van der Waals surface area contributed by atoms with Crippen molar-refractivity contribution in [3.63, 3.8) is 0 Å². The van der Waals surface area contributed by atoms with Crippen molar-refractivity contribution in [3.05, 3.63) is 30.1 Å². The quantitative estimate of drug-likeness (QED) is 0.467. The molecule has 0 radical (unpaired) electrons. The fraction of sp³-hybridized carbons (Fsp3) is 0.111. The molecular weight excluding hydrogens is 180 g/mol. The summed E-state index contributed by atoms with van der Waals surface area (Å²) < 4.78 is 0. The van der Waals surface area contributed by atoms with Crippen molar-refractivity contribution in [1.29, 1.82) is 0 Å². The van der Waals surface area contributed by atoms with Crippen LogP contribution in [0, 0.1) is 0 Å². The molecule has 0 saturated heterocycles. The number of rotatable bonds is 2. The first-order chi connectivity index (χ1) is 6.83. The van der Waals surface area contributed by atoms with E-state index in [2.05, 4.69) is 15.0 Å². The van der Waals surface area contributed by atoms with Crippen molar-refractivity contribution in [2.75, 3.05) is 6.73 Å². The predicted octanol–water partition coefficient (Wildman–Crippen LogP) is 0.218. The molecule has 1 aromatic heterocycles. The van der Waals surface area contributed by atoms with Gasteiger partial charge in [-0.25, -0.2) is 9.98 Å². The van der Waals surface area contributed by atoms with E-state index in [0.29, 0.717) is 5.84 Å². The van der Waals surface area contributed by atoms with Crippen LogP contribution in [0.25, 0.3) is 11.0 Å². The van der Waals surface area contributed by atoms with Gasteiger partial charge in [0.2, 0.25) is 0 Å². The van der Waals surface area contributed by atoms with Gasteiger partial charge in [-0.3, -0.25) is 0 Å². The molecule has 0 aliphatic carbocycles. The Labute approximate surface area is 80.3 Å². The molecule has 0 unspecified atom stereocenters. The molecule has 2 rings (SSSR count). The Morgan fingerprint density at radius 3 is 3.21 bits per heavy atom. The zero-order valence-electron chi connectivity index (χ0n) is 7.44. The highest BCUT2D eigenvalue weighted by atomic mass is 16.3. The number of nitrogens with zero attached hydrogens (tertiary/aromatic N) is 2. The number of benzene rings is 1. The second-order valence-corrected chi connectivity index (χ2v) is 2.79. The number of amidine groups is 1. The Morgan fingerprint density at radius 2 is 2.43 bits per heavy atom. The molecule has 0 amide bonds. The number of para-hydroxylation sites is 1. The summed E-state index contributed by atoms with van der Waals surface area (Å²) in [5.41, 5.74) is 8.07. The van der Waals surface area contributed by atoms with Crippen LogP contribution in [0.5, 0.6) is 0 Å². The highest BCUT2D eigenvalue weighted by Gasteiger charge is 2.05. The Hall–Kier alpha value is -1.88. The normalized spacial score (nSPS) is 12.2. The van der Waals surface area contributed by atoms with Crippen LogP contribution >= 0.6 is 0 Å². The van der Waals surface area contributed by atoms with Gasteiger partial charge in [0.15, 0.2) is 0 Å². The number of aliphatic hydroxyl groups is 1. The average molecular weight is 190 g/mol. The van der Waals surface area contributed by atoms with Crippen LogP contribution in [0.3, 0.4) is 0 Å². The molecule has 0 fully saturated rings. The molecule has 1 heterocycles. The summed E-state index contributed by atoms with van der Waals surface area (Å²) in [5.74, 6) is 0.296. The highest BCUT2D eigenvalue weighted by Crippen LogP contribution is 2.13. The van der Waals surface area contributed by atoms with Crippen LogP contribution in [-0.4, -0.2) is 27.6 Å². The lowest BCUT2D eigenvalue weighted by Gasteiger charge is -2.00. The number of imidazole rings is 1. The zero-order valence-corrected chi connectivity index (χ0v) is 7.44. The third-order valence-corrected chi connectivity index (χ3v) is 1.97. The number of hydrogen-bond donors (Lipinski definition) is 3. The average Bonchev–Trinajstić information content (AvgIpc) is 2.65. The van der Waals surface area contributed by atoms with Crippen molar-refractivity contribution >= 4 is 16.9 Å². The van der Waals surface area contributed by atoms with Gasteiger partial charge in [-0.1, -0.05) is 6.07 Å². The summed E-state index contributed by atoms with van der Waals surface area (Å²) in [4.78, 5) is 10.8. The minimum atomic E-state index is -0.313. The molecule has 2 aromatic rings. The van der Waals surface area contributed by atoms with Gasteiger partial charge in [0, 0.05) is 5.56 Å². The minimum Gasteiger partial charge on any atom is -0.383 e. The number of aliphatic imine (C=N–C) groups is 1. The Bertz CT molecular complexity index is 474. The zero-order chi connectivity index (χ0) is 9.97. The van der Waals surface area contributed by atoms with Crippen LogP contribution in [0.1, 0.15) is 5.56 Å². The minimum absolute atomic E-state index is 0.296. The van der Waals surface area contributed by atoms with Crippen molar-refractivity contribution in [1.82, 2.24) is 9.97 Å². The Kier molecular flexibility index (Phi) is 2.16. The van der Waals surface area contributed by atoms with Gasteiger partial charge >= 0.3 is 0 Å². The molecule has 0 aliphatic rings. The Balaban J connectivity index is 2.61. The second kappa shape index (κ2) is 3.47. The van der Waals surface area contributed by atoms with Crippen LogP contribution in [0.2, 0.25) is 0 Å². The van der Waals surface area contributed by atoms with Crippen LogP contribution in [0.4, 0.5) is 0 Å². The number of aromatic amines is 1. The molecule has 72 valence electrons. The van der Waals surface area contributed by atoms with Crippen LogP contribution < -0.4 is 5.73 Å². The maximum Gasteiger partial charge on any atom is 0.136 e. The number of hydrogen-bond acceptors (Lipinski definition) is 3. The van der Waals surface area contributed by atoms with E-state index in [0.717, 1.165) is 16.6 Å². The van der Waals surface area contributed by atoms with Gasteiger partial charge in [-0.15, -0.1) is 0 Å². The number of H-pyrrole nitrogens is 1. The first-order valence-corrected chi connectivity index (χ1v) is 4.16. The third-order valence-electron chi connectivity index (χ3n) is 1.97. The standard InChI is InChI=1S/C9H10N4O/c10-9(13-5-14)6-2-1-3-7-8(6)12-4-11-7/h1-4,14H,5H2,(H2,10,13)(H,11,12). The Morgan fingerprint density at radius 1 is 1.57 bits per heavy atom. The summed E-state index contributed by atoms with van der Waals surface area (Å²) >= 11 is 0. The first kappa shape index (κ1) is 8.71. The van der Waals surface area contributed by atoms with Crippen LogP contribution in [-0.2, 0) is 0 Å².